The first-order valence-corrected chi connectivity index (χ1v) is 6.63. The van der Waals surface area contributed by atoms with Crippen LogP contribution in [0.3, 0.4) is 0 Å². The van der Waals surface area contributed by atoms with Gasteiger partial charge in [0.15, 0.2) is 0 Å². The zero-order chi connectivity index (χ0) is 15.5. The third kappa shape index (κ3) is 4.21. The molecular formula is C16H18N2O3. The zero-order valence-electron chi connectivity index (χ0n) is 12.3. The normalized spacial score (nSPS) is 11.0. The van der Waals surface area contributed by atoms with Crippen LogP contribution in [-0.2, 0) is 4.74 Å². The summed E-state index contributed by atoms with van der Waals surface area (Å²) >= 11 is 0. The van der Waals surface area contributed by atoms with Crippen LogP contribution in [0, 0.1) is 0 Å². The molecule has 0 saturated heterocycles. The molecule has 1 aromatic heterocycles. The molecule has 1 amide bonds. The second-order valence-corrected chi connectivity index (χ2v) is 5.61. The number of hydrogen-bond donors (Lipinski definition) is 2. The van der Waals surface area contributed by atoms with Gasteiger partial charge in [-0.05, 0) is 32.9 Å². The highest BCUT2D eigenvalue weighted by Crippen LogP contribution is 2.27. The standard InChI is InChI=1S/C16H18N2O3/c1-16(2,3)21-15(20)18-13-7-5-4-6-12(13)11-8-9-14(19)17-10-11/h4-10H,1-3H3,(H,17,19)(H,18,20). The third-order valence-corrected chi connectivity index (χ3v) is 2.66. The number of benzene rings is 1. The number of amides is 1. The molecule has 110 valence electrons. The average molecular weight is 286 g/mol. The maximum Gasteiger partial charge on any atom is 0.412 e. The van der Waals surface area contributed by atoms with Crippen molar-refractivity contribution < 1.29 is 9.53 Å². The van der Waals surface area contributed by atoms with Gasteiger partial charge in [-0.1, -0.05) is 18.2 Å². The Bertz CT molecular complexity index is 679. The van der Waals surface area contributed by atoms with E-state index in [1.165, 1.54) is 6.07 Å². The van der Waals surface area contributed by atoms with Crippen LogP contribution in [0.2, 0.25) is 0 Å². The molecule has 0 unspecified atom stereocenters. The second-order valence-electron chi connectivity index (χ2n) is 5.61. The summed E-state index contributed by atoms with van der Waals surface area (Å²) in [6, 6.07) is 10.5. The number of nitrogens with one attached hydrogen (secondary N) is 2. The number of carbonyl (C=O) groups is 1. The predicted molar refractivity (Wildman–Crippen MR) is 82.4 cm³/mol. The summed E-state index contributed by atoms with van der Waals surface area (Å²) in [7, 11) is 0. The summed E-state index contributed by atoms with van der Waals surface area (Å²) in [6.45, 7) is 5.42. The van der Waals surface area contributed by atoms with Crippen molar-refractivity contribution in [1.82, 2.24) is 4.98 Å². The molecule has 0 bridgehead atoms. The third-order valence-electron chi connectivity index (χ3n) is 2.66. The number of anilines is 1. The first-order valence-electron chi connectivity index (χ1n) is 6.63. The van der Waals surface area contributed by atoms with Crippen LogP contribution in [-0.4, -0.2) is 16.7 Å². The monoisotopic (exact) mass is 286 g/mol. The molecule has 0 spiro atoms. The Labute approximate surface area is 123 Å². The predicted octanol–water partition coefficient (Wildman–Crippen LogP) is 3.39. The average Bonchev–Trinajstić information content (AvgIpc) is 2.38. The van der Waals surface area contributed by atoms with E-state index in [0.717, 1.165) is 11.1 Å². The van der Waals surface area contributed by atoms with E-state index in [9.17, 15) is 9.59 Å². The Kier molecular flexibility index (Phi) is 4.12. The van der Waals surface area contributed by atoms with Gasteiger partial charge < -0.3 is 9.72 Å². The molecular weight excluding hydrogens is 268 g/mol. The fourth-order valence-corrected chi connectivity index (χ4v) is 1.84. The smallest absolute Gasteiger partial charge is 0.412 e. The molecule has 1 heterocycles. The fraction of sp³-hybridized carbons (Fsp3) is 0.250. The molecule has 1 aromatic carbocycles. The molecule has 0 aliphatic carbocycles. The molecule has 2 rings (SSSR count). The second kappa shape index (κ2) is 5.83. The van der Waals surface area contributed by atoms with E-state index in [1.54, 1.807) is 39.1 Å². The minimum atomic E-state index is -0.559. The maximum absolute atomic E-state index is 11.9. The van der Waals surface area contributed by atoms with Crippen LogP contribution in [0.4, 0.5) is 10.5 Å². The molecule has 0 saturated carbocycles. The molecule has 21 heavy (non-hydrogen) atoms. The van der Waals surface area contributed by atoms with E-state index < -0.39 is 11.7 Å². The van der Waals surface area contributed by atoms with Crippen molar-refractivity contribution in [2.45, 2.75) is 26.4 Å². The van der Waals surface area contributed by atoms with Gasteiger partial charge in [-0.15, -0.1) is 0 Å². The molecule has 0 radical (unpaired) electrons. The van der Waals surface area contributed by atoms with Crippen molar-refractivity contribution in [2.24, 2.45) is 0 Å². The van der Waals surface area contributed by atoms with E-state index in [0.29, 0.717) is 5.69 Å². The Hall–Kier alpha value is -2.56. The minimum absolute atomic E-state index is 0.170. The summed E-state index contributed by atoms with van der Waals surface area (Å²) < 4.78 is 5.24. The van der Waals surface area contributed by atoms with E-state index in [-0.39, 0.29) is 5.56 Å². The molecule has 0 fully saturated rings. The summed E-state index contributed by atoms with van der Waals surface area (Å²) in [5.74, 6) is 0. The van der Waals surface area contributed by atoms with Crippen molar-refractivity contribution in [2.75, 3.05) is 5.32 Å². The van der Waals surface area contributed by atoms with Gasteiger partial charge in [0.2, 0.25) is 5.56 Å². The van der Waals surface area contributed by atoms with Crippen molar-refractivity contribution in [3.63, 3.8) is 0 Å². The van der Waals surface area contributed by atoms with Gasteiger partial charge in [0.25, 0.3) is 0 Å². The molecule has 5 nitrogen and oxygen atoms in total. The van der Waals surface area contributed by atoms with Gasteiger partial charge in [-0.2, -0.15) is 0 Å². The highest BCUT2D eigenvalue weighted by molar-refractivity contribution is 5.91. The lowest BCUT2D eigenvalue weighted by Crippen LogP contribution is -2.27. The summed E-state index contributed by atoms with van der Waals surface area (Å²) in [5, 5.41) is 2.73. The van der Waals surface area contributed by atoms with Crippen LogP contribution in [0.15, 0.2) is 47.4 Å². The lowest BCUT2D eigenvalue weighted by molar-refractivity contribution is 0.0636. The number of hydrogen-bond acceptors (Lipinski definition) is 3. The first kappa shape index (κ1) is 14.8. The lowest BCUT2D eigenvalue weighted by atomic mass is 10.1. The van der Waals surface area contributed by atoms with E-state index in [2.05, 4.69) is 10.3 Å². The van der Waals surface area contributed by atoms with Crippen molar-refractivity contribution >= 4 is 11.8 Å². The molecule has 2 N–H and O–H groups in total. The van der Waals surface area contributed by atoms with Crippen LogP contribution < -0.4 is 10.9 Å². The summed E-state index contributed by atoms with van der Waals surface area (Å²) in [5.41, 5.74) is 1.51. The number of carbonyl (C=O) groups excluding carboxylic acids is 1. The van der Waals surface area contributed by atoms with Gasteiger partial charge in [-0.25, -0.2) is 4.79 Å². The Morgan fingerprint density at radius 3 is 2.48 bits per heavy atom. The SMILES string of the molecule is CC(C)(C)OC(=O)Nc1ccccc1-c1ccc(=O)[nH]c1. The number of aromatic nitrogens is 1. The molecule has 5 heteroatoms. The van der Waals surface area contributed by atoms with E-state index >= 15 is 0 Å². The van der Waals surface area contributed by atoms with Crippen LogP contribution >= 0.6 is 0 Å². The molecule has 0 aliphatic rings. The quantitative estimate of drug-likeness (QED) is 0.889. The Morgan fingerprint density at radius 1 is 1.14 bits per heavy atom. The number of aromatic amines is 1. The van der Waals surface area contributed by atoms with Crippen molar-refractivity contribution in [1.29, 1.82) is 0 Å². The van der Waals surface area contributed by atoms with Gasteiger partial charge in [0, 0.05) is 23.4 Å². The van der Waals surface area contributed by atoms with Gasteiger partial charge in [0.05, 0.1) is 5.69 Å². The highest BCUT2D eigenvalue weighted by atomic mass is 16.6. The van der Waals surface area contributed by atoms with Crippen LogP contribution in [0.1, 0.15) is 20.8 Å². The Morgan fingerprint density at radius 2 is 1.86 bits per heavy atom. The number of rotatable bonds is 2. The van der Waals surface area contributed by atoms with E-state index in [1.807, 2.05) is 18.2 Å². The summed E-state index contributed by atoms with van der Waals surface area (Å²) in [4.78, 5) is 25.6. The Balaban J connectivity index is 2.27. The zero-order valence-corrected chi connectivity index (χ0v) is 12.3. The van der Waals surface area contributed by atoms with Crippen molar-refractivity contribution in [3.05, 3.63) is 52.9 Å². The van der Waals surface area contributed by atoms with Gasteiger partial charge in [-0.3, -0.25) is 10.1 Å². The minimum Gasteiger partial charge on any atom is -0.444 e. The van der Waals surface area contributed by atoms with Crippen molar-refractivity contribution in [3.8, 4) is 11.1 Å². The number of H-pyrrole nitrogens is 1. The van der Waals surface area contributed by atoms with Gasteiger partial charge >= 0.3 is 6.09 Å². The van der Waals surface area contributed by atoms with Gasteiger partial charge in [0.1, 0.15) is 5.60 Å². The maximum atomic E-state index is 11.9. The molecule has 2 aromatic rings. The fourth-order valence-electron chi connectivity index (χ4n) is 1.84. The number of pyridine rings is 1. The van der Waals surface area contributed by atoms with Crippen LogP contribution in [0.5, 0.6) is 0 Å². The topological polar surface area (TPSA) is 71.2 Å². The highest BCUT2D eigenvalue weighted by Gasteiger charge is 2.17. The van der Waals surface area contributed by atoms with E-state index in [4.69, 9.17) is 4.74 Å². The molecule has 0 aliphatic heterocycles. The largest absolute Gasteiger partial charge is 0.444 e. The van der Waals surface area contributed by atoms with Crippen LogP contribution in [0.25, 0.3) is 11.1 Å². The molecule has 0 atom stereocenters. The number of ether oxygens (including phenoxy) is 1. The lowest BCUT2D eigenvalue weighted by Gasteiger charge is -2.20. The first-order chi connectivity index (χ1) is 9.85. The number of para-hydroxylation sites is 1. The summed E-state index contributed by atoms with van der Waals surface area (Å²) in [6.07, 6.45) is 1.09.